The first-order valence-electron chi connectivity index (χ1n) is 8.08. The predicted molar refractivity (Wildman–Crippen MR) is 89.8 cm³/mol. The van der Waals surface area contributed by atoms with Crippen molar-refractivity contribution >= 4 is 23.6 Å². The molecule has 2 amide bonds. The number of nitrogens with one attached hydrogen (secondary N) is 1. The fourth-order valence-corrected chi connectivity index (χ4v) is 3.31. The molecule has 126 valence electrons. The van der Waals surface area contributed by atoms with E-state index in [1.54, 1.807) is 24.3 Å². The number of thioether (sulfide) groups is 1. The first kappa shape index (κ1) is 16.7. The SMILES string of the molecule is O=C(CSc1nnc(C2CCCCC2)o1)NC(=O)c1ccccc1. The molecule has 0 atom stereocenters. The van der Waals surface area contributed by atoms with Crippen molar-refractivity contribution in [2.24, 2.45) is 0 Å². The fraction of sp³-hybridized carbons (Fsp3) is 0.412. The lowest BCUT2D eigenvalue weighted by atomic mass is 9.89. The number of benzene rings is 1. The maximum atomic E-state index is 11.9. The number of aromatic nitrogens is 2. The monoisotopic (exact) mass is 345 g/mol. The molecule has 0 saturated heterocycles. The standard InChI is InChI=1S/C17H19N3O3S/c21-14(18-15(22)12-7-3-1-4-8-12)11-24-17-20-19-16(23-17)13-9-5-2-6-10-13/h1,3-4,7-8,13H,2,5-6,9-11H2,(H,18,21,22). The molecule has 0 unspecified atom stereocenters. The van der Waals surface area contributed by atoms with Gasteiger partial charge in [-0.25, -0.2) is 0 Å². The van der Waals surface area contributed by atoms with Crippen LogP contribution in [0.1, 0.15) is 54.3 Å². The van der Waals surface area contributed by atoms with Crippen molar-refractivity contribution in [1.29, 1.82) is 0 Å². The summed E-state index contributed by atoms with van der Waals surface area (Å²) in [5.74, 6) is 0.276. The van der Waals surface area contributed by atoms with Crippen LogP contribution >= 0.6 is 11.8 Å². The molecule has 1 aromatic heterocycles. The largest absolute Gasteiger partial charge is 0.416 e. The quantitative estimate of drug-likeness (QED) is 0.838. The van der Waals surface area contributed by atoms with E-state index >= 15 is 0 Å². The van der Waals surface area contributed by atoms with Crippen molar-refractivity contribution in [2.75, 3.05) is 5.75 Å². The zero-order chi connectivity index (χ0) is 16.8. The molecule has 6 nitrogen and oxygen atoms in total. The summed E-state index contributed by atoms with van der Waals surface area (Å²) in [5.41, 5.74) is 0.452. The molecular weight excluding hydrogens is 326 g/mol. The lowest BCUT2D eigenvalue weighted by molar-refractivity contribution is -0.117. The summed E-state index contributed by atoms with van der Waals surface area (Å²) in [7, 11) is 0. The number of hydrogen-bond donors (Lipinski definition) is 1. The third-order valence-corrected chi connectivity index (χ3v) is 4.81. The van der Waals surface area contributed by atoms with Gasteiger partial charge in [0.1, 0.15) is 0 Å². The highest BCUT2D eigenvalue weighted by molar-refractivity contribution is 7.99. The Hall–Kier alpha value is -2.15. The summed E-state index contributed by atoms with van der Waals surface area (Å²) < 4.78 is 5.64. The van der Waals surface area contributed by atoms with Crippen molar-refractivity contribution in [3.63, 3.8) is 0 Å². The molecule has 1 N–H and O–H groups in total. The molecule has 3 rings (SSSR count). The molecule has 24 heavy (non-hydrogen) atoms. The predicted octanol–water partition coefficient (Wildman–Crippen LogP) is 3.17. The van der Waals surface area contributed by atoms with Gasteiger partial charge >= 0.3 is 0 Å². The first-order chi connectivity index (χ1) is 11.7. The van der Waals surface area contributed by atoms with Crippen LogP contribution in [0.5, 0.6) is 0 Å². The van der Waals surface area contributed by atoms with Gasteiger partial charge in [0.2, 0.25) is 11.8 Å². The Bertz CT molecular complexity index is 696. The van der Waals surface area contributed by atoms with E-state index in [-0.39, 0.29) is 11.7 Å². The number of nitrogens with zero attached hydrogens (tertiary/aromatic N) is 2. The molecule has 1 saturated carbocycles. The van der Waals surface area contributed by atoms with Crippen molar-refractivity contribution in [3.8, 4) is 0 Å². The van der Waals surface area contributed by atoms with Crippen LogP contribution in [0.3, 0.4) is 0 Å². The number of rotatable bonds is 5. The third-order valence-electron chi connectivity index (χ3n) is 3.99. The van der Waals surface area contributed by atoms with Crippen molar-refractivity contribution in [2.45, 2.75) is 43.2 Å². The Kier molecular flexibility index (Phi) is 5.63. The molecule has 1 heterocycles. The smallest absolute Gasteiger partial charge is 0.277 e. The van der Waals surface area contributed by atoms with Gasteiger partial charge in [-0.05, 0) is 25.0 Å². The molecular formula is C17H19N3O3S. The first-order valence-corrected chi connectivity index (χ1v) is 9.06. The Labute approximate surface area is 144 Å². The van der Waals surface area contributed by atoms with E-state index in [0.717, 1.165) is 24.6 Å². The average molecular weight is 345 g/mol. The molecule has 0 aliphatic heterocycles. The highest BCUT2D eigenvalue weighted by atomic mass is 32.2. The minimum atomic E-state index is -0.408. The summed E-state index contributed by atoms with van der Waals surface area (Å²) in [6, 6.07) is 8.63. The number of carbonyl (C=O) groups excluding carboxylic acids is 2. The van der Waals surface area contributed by atoms with Crippen LogP contribution < -0.4 is 5.32 Å². The van der Waals surface area contributed by atoms with Crippen molar-refractivity contribution in [1.82, 2.24) is 15.5 Å². The second kappa shape index (κ2) is 8.10. The number of carbonyl (C=O) groups is 2. The van der Waals surface area contributed by atoms with E-state index < -0.39 is 5.91 Å². The van der Waals surface area contributed by atoms with Gasteiger partial charge in [-0.3, -0.25) is 14.9 Å². The lowest BCUT2D eigenvalue weighted by Gasteiger charge is -2.17. The summed E-state index contributed by atoms with van der Waals surface area (Å²) in [5, 5.41) is 10.8. The van der Waals surface area contributed by atoms with E-state index in [0.29, 0.717) is 22.6 Å². The van der Waals surface area contributed by atoms with Crippen LogP contribution in [0.4, 0.5) is 0 Å². The van der Waals surface area contributed by atoms with Crippen molar-refractivity contribution in [3.05, 3.63) is 41.8 Å². The van der Waals surface area contributed by atoms with Crippen LogP contribution in [0.25, 0.3) is 0 Å². The van der Waals surface area contributed by atoms with Crippen LogP contribution in [-0.4, -0.2) is 27.8 Å². The summed E-state index contributed by atoms with van der Waals surface area (Å²) >= 11 is 1.15. The maximum absolute atomic E-state index is 11.9. The van der Waals surface area contributed by atoms with Gasteiger partial charge in [0.15, 0.2) is 0 Å². The minimum absolute atomic E-state index is 0.0604. The Balaban J connectivity index is 1.48. The van der Waals surface area contributed by atoms with E-state index in [2.05, 4.69) is 15.5 Å². The van der Waals surface area contributed by atoms with E-state index in [4.69, 9.17) is 4.42 Å². The van der Waals surface area contributed by atoms with Crippen molar-refractivity contribution < 1.29 is 14.0 Å². The molecule has 0 bridgehead atoms. The normalized spacial score (nSPS) is 15.2. The molecule has 7 heteroatoms. The second-order valence-corrected chi connectivity index (χ2v) is 6.70. The molecule has 1 fully saturated rings. The molecule has 1 aliphatic carbocycles. The lowest BCUT2D eigenvalue weighted by Crippen LogP contribution is -2.31. The topological polar surface area (TPSA) is 85.1 Å². The summed E-state index contributed by atoms with van der Waals surface area (Å²) in [6.45, 7) is 0. The Morgan fingerprint density at radius 1 is 1.12 bits per heavy atom. The minimum Gasteiger partial charge on any atom is -0.416 e. The van der Waals surface area contributed by atoms with Crippen LogP contribution in [0.15, 0.2) is 40.0 Å². The number of amides is 2. The number of hydrogen-bond acceptors (Lipinski definition) is 6. The van der Waals surface area contributed by atoms with Gasteiger partial charge in [0.05, 0.1) is 5.75 Å². The molecule has 1 aromatic carbocycles. The Morgan fingerprint density at radius 3 is 2.62 bits per heavy atom. The average Bonchev–Trinajstić information content (AvgIpc) is 3.10. The van der Waals surface area contributed by atoms with Crippen LogP contribution in [0, 0.1) is 0 Å². The second-order valence-electron chi connectivity index (χ2n) is 5.77. The van der Waals surface area contributed by atoms with E-state index in [1.165, 1.54) is 19.3 Å². The van der Waals surface area contributed by atoms with Gasteiger partial charge in [-0.2, -0.15) is 0 Å². The Morgan fingerprint density at radius 2 is 1.88 bits per heavy atom. The highest BCUT2D eigenvalue weighted by Gasteiger charge is 2.21. The molecule has 0 spiro atoms. The summed E-state index contributed by atoms with van der Waals surface area (Å²) in [4.78, 5) is 23.8. The highest BCUT2D eigenvalue weighted by Crippen LogP contribution is 2.32. The zero-order valence-electron chi connectivity index (χ0n) is 13.2. The van der Waals surface area contributed by atoms with Gasteiger partial charge in [-0.1, -0.05) is 49.2 Å². The van der Waals surface area contributed by atoms with Gasteiger partial charge in [0.25, 0.3) is 11.1 Å². The summed E-state index contributed by atoms with van der Waals surface area (Å²) in [6.07, 6.45) is 5.82. The molecule has 1 aliphatic rings. The molecule has 0 radical (unpaired) electrons. The fourth-order valence-electron chi connectivity index (χ4n) is 2.74. The van der Waals surface area contributed by atoms with Gasteiger partial charge in [-0.15, -0.1) is 10.2 Å². The molecule has 2 aromatic rings. The third kappa shape index (κ3) is 4.44. The van der Waals surface area contributed by atoms with Crippen LogP contribution in [-0.2, 0) is 4.79 Å². The van der Waals surface area contributed by atoms with E-state index in [1.807, 2.05) is 6.07 Å². The van der Waals surface area contributed by atoms with Gasteiger partial charge < -0.3 is 4.42 Å². The van der Waals surface area contributed by atoms with Gasteiger partial charge in [0, 0.05) is 11.5 Å². The zero-order valence-corrected chi connectivity index (χ0v) is 14.1. The maximum Gasteiger partial charge on any atom is 0.277 e. The van der Waals surface area contributed by atoms with Crippen LogP contribution in [0.2, 0.25) is 0 Å². The number of imide groups is 1. The van der Waals surface area contributed by atoms with E-state index in [9.17, 15) is 9.59 Å².